The van der Waals surface area contributed by atoms with Crippen LogP contribution in [0.25, 0.3) is 0 Å². The molecule has 5 nitrogen and oxygen atoms in total. The van der Waals surface area contributed by atoms with Crippen molar-refractivity contribution in [3.8, 4) is 0 Å². The molecule has 1 rings (SSSR count). The van der Waals surface area contributed by atoms with E-state index in [-0.39, 0.29) is 23.7 Å². The van der Waals surface area contributed by atoms with Crippen LogP contribution in [0.4, 0.5) is 0 Å². The number of quaternary nitrogens is 1. The van der Waals surface area contributed by atoms with Crippen LogP contribution in [-0.4, -0.2) is 66.0 Å². The van der Waals surface area contributed by atoms with Crippen molar-refractivity contribution in [3.05, 3.63) is 0 Å². The molecule has 0 saturated heterocycles. The second-order valence-electron chi connectivity index (χ2n) is 12.3. The second kappa shape index (κ2) is 12.0. The van der Waals surface area contributed by atoms with Gasteiger partial charge in [0.15, 0.2) is 0 Å². The highest BCUT2D eigenvalue weighted by Crippen LogP contribution is 2.45. The quantitative estimate of drug-likeness (QED) is 0.397. The van der Waals surface area contributed by atoms with E-state index in [2.05, 4.69) is 54.2 Å². The van der Waals surface area contributed by atoms with E-state index < -0.39 is 17.7 Å². The lowest BCUT2D eigenvalue weighted by Gasteiger charge is -2.55. The lowest BCUT2D eigenvalue weighted by Crippen LogP contribution is -2.72. The number of carbonyl (C=O) groups is 1. The first kappa shape index (κ1) is 28.4. The summed E-state index contributed by atoms with van der Waals surface area (Å²) in [7, 11) is 6.38. The Balaban J connectivity index is 3.11. The maximum absolute atomic E-state index is 13.0. The molecular formula is C26H53N2O3+. The average Bonchev–Trinajstić information content (AvgIpc) is 2.62. The summed E-state index contributed by atoms with van der Waals surface area (Å²) in [5, 5.41) is 26.3. The number of aliphatic hydroxyl groups is 2. The standard InChI is InChI=1S/C26H52N2O3/c1-18(2)12-14-21-17-22(15-13-19(3)4)25(31)26(20(5)6,24(21)30)27-23(29)11-10-16-28(7,8)9/h18-22,24-25,30-31H,10-17H2,1-9H3/p+1/t21-,22+,24-,25+,26+. The SMILES string of the molecule is CC(C)CC[C@@H]1C[C@H](CCC(C)C)[C@H](O)[C@](NC(=O)CCC[N+](C)(C)C)(C(C)C)[C@@H]1O. The van der Waals surface area contributed by atoms with Gasteiger partial charge in [0.2, 0.25) is 5.91 Å². The number of carbonyl (C=O) groups excluding carboxylic acids is 1. The van der Waals surface area contributed by atoms with Crippen molar-refractivity contribution in [2.24, 2.45) is 29.6 Å². The summed E-state index contributed by atoms with van der Waals surface area (Å²) in [6.07, 6.45) is 4.61. The fourth-order valence-corrected chi connectivity index (χ4v) is 5.24. The summed E-state index contributed by atoms with van der Waals surface area (Å²) in [5.41, 5.74) is -0.977. The van der Waals surface area contributed by atoms with Crippen molar-refractivity contribution in [2.75, 3.05) is 27.7 Å². The van der Waals surface area contributed by atoms with E-state index in [0.717, 1.165) is 49.6 Å². The van der Waals surface area contributed by atoms with Crippen molar-refractivity contribution in [1.82, 2.24) is 5.32 Å². The van der Waals surface area contributed by atoms with Crippen molar-refractivity contribution in [1.29, 1.82) is 0 Å². The van der Waals surface area contributed by atoms with Gasteiger partial charge in [0.05, 0.1) is 45.4 Å². The van der Waals surface area contributed by atoms with E-state index in [9.17, 15) is 15.0 Å². The third kappa shape index (κ3) is 8.33. The van der Waals surface area contributed by atoms with E-state index in [1.807, 2.05) is 13.8 Å². The number of nitrogens with one attached hydrogen (secondary N) is 1. The van der Waals surface area contributed by atoms with Crippen LogP contribution in [-0.2, 0) is 4.79 Å². The van der Waals surface area contributed by atoms with Gasteiger partial charge in [0.25, 0.3) is 0 Å². The van der Waals surface area contributed by atoms with Crippen LogP contribution in [0.3, 0.4) is 0 Å². The predicted octanol–water partition coefficient (Wildman–Crippen LogP) is 4.21. The van der Waals surface area contributed by atoms with Crippen molar-refractivity contribution >= 4 is 5.91 Å². The van der Waals surface area contributed by atoms with Crippen molar-refractivity contribution < 1.29 is 19.5 Å². The van der Waals surface area contributed by atoms with Gasteiger partial charge < -0.3 is 20.0 Å². The maximum Gasteiger partial charge on any atom is 0.220 e. The Hall–Kier alpha value is -0.650. The number of amides is 1. The Bertz CT molecular complexity index is 515. The first-order valence-corrected chi connectivity index (χ1v) is 12.7. The van der Waals surface area contributed by atoms with Gasteiger partial charge in [0, 0.05) is 12.8 Å². The summed E-state index contributed by atoms with van der Waals surface area (Å²) in [6, 6.07) is 0. The highest BCUT2D eigenvalue weighted by Gasteiger charge is 2.56. The third-order valence-corrected chi connectivity index (χ3v) is 7.25. The van der Waals surface area contributed by atoms with Crippen LogP contribution in [0, 0.1) is 29.6 Å². The minimum absolute atomic E-state index is 0.0487. The number of aliphatic hydroxyl groups excluding tert-OH is 2. The highest BCUT2D eigenvalue weighted by molar-refractivity contribution is 5.77. The largest absolute Gasteiger partial charge is 0.390 e. The molecule has 0 aromatic rings. The Morgan fingerprint density at radius 2 is 1.39 bits per heavy atom. The fraction of sp³-hybridized carbons (Fsp3) is 0.962. The third-order valence-electron chi connectivity index (χ3n) is 7.25. The zero-order valence-corrected chi connectivity index (χ0v) is 21.9. The van der Waals surface area contributed by atoms with Gasteiger partial charge >= 0.3 is 0 Å². The van der Waals surface area contributed by atoms with Crippen LogP contribution in [0.2, 0.25) is 0 Å². The highest BCUT2D eigenvalue weighted by atomic mass is 16.3. The van der Waals surface area contributed by atoms with E-state index in [1.165, 1.54) is 0 Å². The molecule has 0 aromatic heterocycles. The zero-order valence-electron chi connectivity index (χ0n) is 21.9. The van der Waals surface area contributed by atoms with Gasteiger partial charge in [-0.25, -0.2) is 0 Å². The lowest BCUT2D eigenvalue weighted by molar-refractivity contribution is -0.870. The molecule has 0 unspecified atom stereocenters. The molecule has 184 valence electrons. The maximum atomic E-state index is 13.0. The molecule has 0 heterocycles. The Kier molecular flexibility index (Phi) is 11.0. The first-order valence-electron chi connectivity index (χ1n) is 12.7. The number of hydrogen-bond acceptors (Lipinski definition) is 3. The van der Waals surface area contributed by atoms with Crippen LogP contribution in [0.15, 0.2) is 0 Å². The van der Waals surface area contributed by atoms with Gasteiger partial charge in [-0.1, -0.05) is 54.4 Å². The molecule has 0 aromatic carbocycles. The molecule has 1 fully saturated rings. The van der Waals surface area contributed by atoms with Crippen LogP contribution >= 0.6 is 0 Å². The summed E-state index contributed by atoms with van der Waals surface area (Å²) in [5.74, 6) is 1.27. The van der Waals surface area contributed by atoms with Gasteiger partial charge in [-0.05, 0) is 48.9 Å². The van der Waals surface area contributed by atoms with E-state index in [4.69, 9.17) is 0 Å². The molecule has 1 aliphatic rings. The lowest BCUT2D eigenvalue weighted by atomic mass is 9.60. The monoisotopic (exact) mass is 441 g/mol. The van der Waals surface area contributed by atoms with Gasteiger partial charge in [-0.3, -0.25) is 4.79 Å². The zero-order chi connectivity index (χ0) is 24.0. The molecule has 0 radical (unpaired) electrons. The normalized spacial score (nSPS) is 29.7. The van der Waals surface area contributed by atoms with Crippen LogP contribution in [0.1, 0.15) is 86.5 Å². The summed E-state index contributed by atoms with van der Waals surface area (Å²) in [6.45, 7) is 13.8. The Morgan fingerprint density at radius 1 is 0.935 bits per heavy atom. The van der Waals surface area contributed by atoms with E-state index in [0.29, 0.717) is 18.3 Å². The van der Waals surface area contributed by atoms with Crippen LogP contribution in [0.5, 0.6) is 0 Å². The Morgan fingerprint density at radius 3 is 1.74 bits per heavy atom. The van der Waals surface area contributed by atoms with Crippen molar-refractivity contribution in [2.45, 2.75) is 104 Å². The van der Waals surface area contributed by atoms with Crippen molar-refractivity contribution in [3.63, 3.8) is 0 Å². The first-order chi connectivity index (χ1) is 14.2. The fourth-order valence-electron chi connectivity index (χ4n) is 5.24. The van der Waals surface area contributed by atoms with Gasteiger partial charge in [0.1, 0.15) is 0 Å². The smallest absolute Gasteiger partial charge is 0.220 e. The molecule has 0 spiro atoms. The number of rotatable bonds is 12. The molecule has 31 heavy (non-hydrogen) atoms. The average molecular weight is 442 g/mol. The topological polar surface area (TPSA) is 69.6 Å². The van der Waals surface area contributed by atoms with E-state index >= 15 is 0 Å². The molecular weight excluding hydrogens is 388 g/mol. The molecule has 5 heteroatoms. The minimum atomic E-state index is -0.977. The van der Waals surface area contributed by atoms with Crippen LogP contribution < -0.4 is 5.32 Å². The molecule has 1 saturated carbocycles. The van der Waals surface area contributed by atoms with E-state index in [1.54, 1.807) is 0 Å². The summed E-state index contributed by atoms with van der Waals surface area (Å²) in [4.78, 5) is 13.0. The summed E-state index contributed by atoms with van der Waals surface area (Å²) >= 11 is 0. The molecule has 3 N–H and O–H groups in total. The minimum Gasteiger partial charge on any atom is -0.390 e. The number of hydrogen-bond donors (Lipinski definition) is 3. The summed E-state index contributed by atoms with van der Waals surface area (Å²) < 4.78 is 0.822. The molecule has 5 atom stereocenters. The molecule has 0 bridgehead atoms. The molecule has 1 amide bonds. The Labute approximate surface area is 192 Å². The molecule has 1 aliphatic carbocycles. The predicted molar refractivity (Wildman–Crippen MR) is 130 cm³/mol. The number of nitrogens with zero attached hydrogens (tertiary/aromatic N) is 1. The van der Waals surface area contributed by atoms with Gasteiger partial charge in [-0.2, -0.15) is 0 Å². The molecule has 0 aliphatic heterocycles. The van der Waals surface area contributed by atoms with Gasteiger partial charge in [-0.15, -0.1) is 0 Å². The second-order valence-corrected chi connectivity index (χ2v) is 12.3.